The molecule has 0 saturated carbocycles. The zero-order valence-corrected chi connectivity index (χ0v) is 13.1. The van der Waals surface area contributed by atoms with Gasteiger partial charge in [0.05, 0.1) is 6.04 Å². The highest BCUT2D eigenvalue weighted by Gasteiger charge is 2.10. The fraction of sp³-hybridized carbons (Fsp3) is 0.400. The van der Waals surface area contributed by atoms with Gasteiger partial charge in [0.25, 0.3) is 5.91 Å². The number of benzene rings is 1. The number of halogens is 1. The largest absolute Gasteiger partial charge is 0.287 e. The number of hydrogen-bond donors (Lipinski definition) is 2. The van der Waals surface area contributed by atoms with Crippen molar-refractivity contribution in [3.8, 4) is 0 Å². The zero-order valence-electron chi connectivity index (χ0n) is 11.4. The van der Waals surface area contributed by atoms with E-state index in [2.05, 4.69) is 36.5 Å². The highest BCUT2D eigenvalue weighted by Crippen LogP contribution is 2.18. The second kappa shape index (κ2) is 10.8. The normalized spacial score (nSPS) is 11.2. The van der Waals surface area contributed by atoms with Crippen LogP contribution in [0.3, 0.4) is 0 Å². The third-order valence-electron chi connectivity index (χ3n) is 2.85. The first-order valence-corrected chi connectivity index (χ1v) is 6.50. The van der Waals surface area contributed by atoms with E-state index in [0.29, 0.717) is 0 Å². The number of nitrogens with one attached hydrogen (secondary N) is 2. The highest BCUT2D eigenvalue weighted by molar-refractivity contribution is 8.93. The lowest BCUT2D eigenvalue weighted by atomic mass is 10.0. The fourth-order valence-electron chi connectivity index (χ4n) is 1.82. The van der Waals surface area contributed by atoms with Gasteiger partial charge in [0.15, 0.2) is 0 Å². The summed E-state index contributed by atoms with van der Waals surface area (Å²) in [4.78, 5) is 11.2. The minimum atomic E-state index is -0.202. The lowest BCUT2D eigenvalue weighted by Crippen LogP contribution is -2.39. The van der Waals surface area contributed by atoms with Crippen LogP contribution in [0.25, 0.3) is 0 Å². The molecule has 0 aliphatic heterocycles. The number of rotatable bonds is 8. The molecule has 106 valence electrons. The second-order valence-electron chi connectivity index (χ2n) is 4.30. The quantitative estimate of drug-likeness (QED) is 0.434. The van der Waals surface area contributed by atoms with Crippen molar-refractivity contribution in [2.24, 2.45) is 0 Å². The summed E-state index contributed by atoms with van der Waals surface area (Å²) >= 11 is 0. The van der Waals surface area contributed by atoms with Crippen molar-refractivity contribution in [2.45, 2.75) is 38.6 Å². The molecular weight excluding hydrogens is 304 g/mol. The molecule has 0 saturated heterocycles. The van der Waals surface area contributed by atoms with Crippen LogP contribution in [0.4, 0.5) is 0 Å². The first-order valence-electron chi connectivity index (χ1n) is 6.50. The Morgan fingerprint density at radius 1 is 1.32 bits per heavy atom. The molecule has 1 aromatic rings. The number of hydrogen-bond acceptors (Lipinski definition) is 2. The summed E-state index contributed by atoms with van der Waals surface area (Å²) in [6.07, 6.45) is 5.82. The third-order valence-corrected chi connectivity index (χ3v) is 2.85. The van der Waals surface area contributed by atoms with Gasteiger partial charge in [-0.05, 0) is 18.1 Å². The average molecular weight is 327 g/mol. The van der Waals surface area contributed by atoms with Crippen molar-refractivity contribution in [3.63, 3.8) is 0 Å². The minimum absolute atomic E-state index is 0. The van der Waals surface area contributed by atoms with Crippen LogP contribution in [-0.2, 0) is 4.79 Å². The van der Waals surface area contributed by atoms with Gasteiger partial charge >= 0.3 is 0 Å². The molecule has 1 unspecified atom stereocenters. The van der Waals surface area contributed by atoms with Gasteiger partial charge in [0.2, 0.25) is 0 Å². The molecule has 1 amide bonds. The molecule has 3 nitrogen and oxygen atoms in total. The van der Waals surface area contributed by atoms with Crippen LogP contribution in [-0.4, -0.2) is 5.91 Å². The maximum absolute atomic E-state index is 11.2. The summed E-state index contributed by atoms with van der Waals surface area (Å²) in [5.74, 6) is -0.202. The summed E-state index contributed by atoms with van der Waals surface area (Å²) in [6.45, 7) is 5.62. The van der Waals surface area contributed by atoms with Gasteiger partial charge in [-0.3, -0.25) is 10.2 Å². The Bertz CT molecular complexity index is 368. The van der Waals surface area contributed by atoms with E-state index in [1.165, 1.54) is 24.5 Å². The van der Waals surface area contributed by atoms with Crippen LogP contribution in [0.15, 0.2) is 43.0 Å². The van der Waals surface area contributed by atoms with Gasteiger partial charge in [-0.15, -0.1) is 17.0 Å². The summed E-state index contributed by atoms with van der Waals surface area (Å²) in [5.41, 5.74) is 6.92. The molecule has 19 heavy (non-hydrogen) atoms. The predicted molar refractivity (Wildman–Crippen MR) is 85.1 cm³/mol. The van der Waals surface area contributed by atoms with E-state index < -0.39 is 0 Å². The van der Waals surface area contributed by atoms with E-state index in [9.17, 15) is 4.79 Å². The monoisotopic (exact) mass is 326 g/mol. The zero-order chi connectivity index (χ0) is 13.2. The van der Waals surface area contributed by atoms with Crippen molar-refractivity contribution in [3.05, 3.63) is 48.6 Å². The van der Waals surface area contributed by atoms with Crippen molar-refractivity contribution in [1.82, 2.24) is 10.9 Å². The van der Waals surface area contributed by atoms with Gasteiger partial charge in [-0.25, -0.2) is 5.43 Å². The Kier molecular flexibility index (Phi) is 10.1. The van der Waals surface area contributed by atoms with Crippen molar-refractivity contribution >= 4 is 22.9 Å². The van der Waals surface area contributed by atoms with Crippen molar-refractivity contribution in [1.29, 1.82) is 0 Å². The average Bonchev–Trinajstić information content (AvgIpc) is 2.43. The predicted octanol–water partition coefficient (Wildman–Crippen LogP) is 3.69. The molecule has 0 aromatic heterocycles. The number of carbonyl (C=O) groups excluding carboxylic acids is 1. The van der Waals surface area contributed by atoms with Crippen LogP contribution in [0, 0.1) is 0 Å². The molecule has 2 N–H and O–H groups in total. The van der Waals surface area contributed by atoms with E-state index in [-0.39, 0.29) is 28.9 Å². The standard InChI is InChI=1S/C15H22N2O.BrH/c1-3-5-7-12-14(16-17-15(18)4-2)13-10-8-6-9-11-13;/h4,6,8-11,14,16H,2-3,5,7,12H2,1H3,(H,17,18);1H. The van der Waals surface area contributed by atoms with E-state index in [1.807, 2.05) is 18.2 Å². The summed E-state index contributed by atoms with van der Waals surface area (Å²) in [6, 6.07) is 10.3. The van der Waals surface area contributed by atoms with Crippen LogP contribution in [0.2, 0.25) is 0 Å². The number of carbonyl (C=O) groups is 1. The van der Waals surface area contributed by atoms with Gasteiger partial charge in [-0.1, -0.05) is 63.1 Å². The topological polar surface area (TPSA) is 41.1 Å². The molecule has 0 aliphatic rings. The van der Waals surface area contributed by atoms with Gasteiger partial charge in [-0.2, -0.15) is 0 Å². The molecule has 4 heteroatoms. The Morgan fingerprint density at radius 2 is 2.00 bits per heavy atom. The molecular formula is C15H23BrN2O. The molecule has 0 fully saturated rings. The van der Waals surface area contributed by atoms with Crippen molar-refractivity contribution in [2.75, 3.05) is 0 Å². The first kappa shape index (κ1) is 17.9. The van der Waals surface area contributed by atoms with Crippen LogP contribution < -0.4 is 10.9 Å². The maximum atomic E-state index is 11.2. The lowest BCUT2D eigenvalue weighted by Gasteiger charge is -2.19. The maximum Gasteiger partial charge on any atom is 0.257 e. The Balaban J connectivity index is 0.00000324. The summed E-state index contributed by atoms with van der Waals surface area (Å²) in [5, 5.41) is 0. The number of hydrazine groups is 1. The molecule has 1 rings (SSSR count). The summed E-state index contributed by atoms with van der Waals surface area (Å²) in [7, 11) is 0. The smallest absolute Gasteiger partial charge is 0.257 e. The van der Waals surface area contributed by atoms with Crippen LogP contribution >= 0.6 is 17.0 Å². The Morgan fingerprint density at radius 3 is 2.58 bits per heavy atom. The van der Waals surface area contributed by atoms with Crippen molar-refractivity contribution < 1.29 is 4.79 Å². The molecule has 1 atom stereocenters. The highest BCUT2D eigenvalue weighted by atomic mass is 79.9. The fourth-order valence-corrected chi connectivity index (χ4v) is 1.82. The second-order valence-corrected chi connectivity index (χ2v) is 4.30. The van der Waals surface area contributed by atoms with Gasteiger partial charge < -0.3 is 0 Å². The molecule has 0 bridgehead atoms. The Labute approximate surface area is 126 Å². The molecule has 0 spiro atoms. The van der Waals surface area contributed by atoms with Crippen LogP contribution in [0.1, 0.15) is 44.2 Å². The van der Waals surface area contributed by atoms with Gasteiger partial charge in [0, 0.05) is 0 Å². The molecule has 0 radical (unpaired) electrons. The SMILES string of the molecule is Br.C=CC(=O)NNC(CCCCC)c1ccccc1. The molecule has 0 heterocycles. The van der Waals surface area contributed by atoms with E-state index >= 15 is 0 Å². The number of unbranched alkanes of at least 4 members (excludes halogenated alkanes) is 2. The Hall–Kier alpha value is -1.13. The van der Waals surface area contributed by atoms with Crippen LogP contribution in [0.5, 0.6) is 0 Å². The van der Waals surface area contributed by atoms with E-state index in [1.54, 1.807) is 0 Å². The molecule has 1 aromatic carbocycles. The van der Waals surface area contributed by atoms with E-state index in [0.717, 1.165) is 12.8 Å². The lowest BCUT2D eigenvalue weighted by molar-refractivity contribution is -0.117. The van der Waals surface area contributed by atoms with Gasteiger partial charge in [0.1, 0.15) is 0 Å². The molecule has 0 aliphatic carbocycles. The summed E-state index contributed by atoms with van der Waals surface area (Å²) < 4.78 is 0. The minimum Gasteiger partial charge on any atom is -0.287 e. The van der Waals surface area contributed by atoms with E-state index in [4.69, 9.17) is 0 Å². The third kappa shape index (κ3) is 7.13. The first-order chi connectivity index (χ1) is 8.77. The number of amides is 1.